The van der Waals surface area contributed by atoms with Gasteiger partial charge in [-0.2, -0.15) is 0 Å². The molecule has 0 amide bonds. The zero-order chi connectivity index (χ0) is 15.8. The van der Waals surface area contributed by atoms with Gasteiger partial charge in [0, 0.05) is 16.4 Å². The number of aromatic nitrogens is 1. The molecule has 2 N–H and O–H groups in total. The number of hydrogen-bond donors (Lipinski definition) is 2. The van der Waals surface area contributed by atoms with Crippen molar-refractivity contribution in [3.05, 3.63) is 55.4 Å². The van der Waals surface area contributed by atoms with Crippen molar-refractivity contribution in [3.8, 4) is 0 Å². The van der Waals surface area contributed by atoms with Crippen molar-refractivity contribution < 1.29 is 8.42 Å². The fourth-order valence-corrected chi connectivity index (χ4v) is 3.31. The molecule has 5 nitrogen and oxygen atoms in total. The summed E-state index contributed by atoms with van der Waals surface area (Å²) < 4.78 is 27.9. The molecule has 2 rings (SSSR count). The smallest absolute Gasteiger partial charge is 0.266 e. The van der Waals surface area contributed by atoms with Gasteiger partial charge < -0.3 is 4.98 Å². The lowest BCUT2D eigenvalue weighted by molar-refractivity contribution is 0.600. The molecule has 0 unspecified atom stereocenters. The Balaban J connectivity index is 2.42. The van der Waals surface area contributed by atoms with Crippen LogP contribution in [0.25, 0.3) is 0 Å². The van der Waals surface area contributed by atoms with Gasteiger partial charge in [0.25, 0.3) is 15.6 Å². The molecule has 1 aromatic heterocycles. The highest BCUT2D eigenvalue weighted by Gasteiger charge is 2.16. The van der Waals surface area contributed by atoms with Gasteiger partial charge in [-0.3, -0.25) is 9.52 Å². The Kier molecular flexibility index (Phi) is 4.46. The first-order valence-corrected chi connectivity index (χ1v) is 8.54. The van der Waals surface area contributed by atoms with Gasteiger partial charge in [0.05, 0.1) is 0 Å². The number of sulfonamides is 1. The molecule has 0 spiro atoms. The number of hydrogen-bond acceptors (Lipinski definition) is 3. The Hall–Kier alpha value is -1.31. The summed E-state index contributed by atoms with van der Waals surface area (Å²) in [5.74, 6) is 0. The fraction of sp³-hybridized carbons (Fsp3) is 0.154. The van der Waals surface area contributed by atoms with Crippen LogP contribution in [0.1, 0.15) is 11.1 Å². The SMILES string of the molecule is Cc1cc(NS(=O)(=O)c2c[nH]c(=O)c(Cl)c2)cc(C)c1Br. The number of H-pyrrole nitrogens is 1. The molecule has 8 heteroatoms. The van der Waals surface area contributed by atoms with Crippen molar-refractivity contribution in [3.63, 3.8) is 0 Å². The molecule has 1 heterocycles. The molecule has 0 aliphatic carbocycles. The minimum absolute atomic E-state index is 0.106. The molecule has 0 atom stereocenters. The van der Waals surface area contributed by atoms with Crippen LogP contribution in [-0.4, -0.2) is 13.4 Å². The van der Waals surface area contributed by atoms with Crippen molar-refractivity contribution in [1.29, 1.82) is 0 Å². The van der Waals surface area contributed by atoms with Crippen molar-refractivity contribution in [2.45, 2.75) is 18.7 Å². The molecule has 0 saturated carbocycles. The van der Waals surface area contributed by atoms with Crippen LogP contribution in [-0.2, 0) is 10.0 Å². The van der Waals surface area contributed by atoms with E-state index in [9.17, 15) is 13.2 Å². The van der Waals surface area contributed by atoms with Crippen molar-refractivity contribution in [2.75, 3.05) is 4.72 Å². The maximum absolute atomic E-state index is 12.3. The summed E-state index contributed by atoms with van der Waals surface area (Å²) in [7, 11) is -3.82. The molecule has 21 heavy (non-hydrogen) atoms. The molecule has 0 radical (unpaired) electrons. The second-order valence-corrected chi connectivity index (χ2v) is 7.42. The Morgan fingerprint density at radius 3 is 2.29 bits per heavy atom. The highest BCUT2D eigenvalue weighted by molar-refractivity contribution is 9.10. The van der Waals surface area contributed by atoms with Crippen molar-refractivity contribution >= 4 is 43.2 Å². The normalized spacial score (nSPS) is 11.4. The lowest BCUT2D eigenvalue weighted by Crippen LogP contribution is -2.16. The fourth-order valence-electron chi connectivity index (χ4n) is 1.81. The van der Waals surface area contributed by atoms with Crippen molar-refractivity contribution in [1.82, 2.24) is 4.98 Å². The lowest BCUT2D eigenvalue weighted by Gasteiger charge is -2.11. The quantitative estimate of drug-likeness (QED) is 0.843. The summed E-state index contributed by atoms with van der Waals surface area (Å²) in [6.45, 7) is 3.73. The van der Waals surface area contributed by atoms with E-state index in [1.807, 2.05) is 13.8 Å². The van der Waals surface area contributed by atoms with Gasteiger partial charge in [-0.15, -0.1) is 0 Å². The number of halogens is 2. The van der Waals surface area contributed by atoms with Crippen LogP contribution in [0, 0.1) is 13.8 Å². The predicted molar refractivity (Wildman–Crippen MR) is 86.5 cm³/mol. The van der Waals surface area contributed by atoms with Crippen LogP contribution < -0.4 is 10.3 Å². The summed E-state index contributed by atoms with van der Waals surface area (Å²) in [5.41, 5.74) is 1.72. The average molecular weight is 392 g/mol. The second kappa shape index (κ2) is 5.82. The zero-order valence-electron chi connectivity index (χ0n) is 11.2. The first-order valence-electron chi connectivity index (χ1n) is 5.88. The second-order valence-electron chi connectivity index (χ2n) is 4.54. The summed E-state index contributed by atoms with van der Waals surface area (Å²) in [4.78, 5) is 13.3. The van der Waals surface area contributed by atoms with Crippen LogP contribution in [0.4, 0.5) is 5.69 Å². The van der Waals surface area contributed by atoms with E-state index < -0.39 is 15.6 Å². The van der Waals surface area contributed by atoms with Crippen LogP contribution >= 0.6 is 27.5 Å². The van der Waals surface area contributed by atoms with E-state index in [1.54, 1.807) is 12.1 Å². The molecular formula is C13H12BrClN2O3S. The first kappa shape index (κ1) is 16.1. The summed E-state index contributed by atoms with van der Waals surface area (Å²) in [5, 5.41) is -0.180. The zero-order valence-corrected chi connectivity index (χ0v) is 14.4. The molecule has 2 aromatic rings. The molecule has 0 fully saturated rings. The summed E-state index contributed by atoms with van der Waals surface area (Å²) >= 11 is 9.07. The minimum Gasteiger partial charge on any atom is -0.326 e. The predicted octanol–water partition coefficient (Wildman–Crippen LogP) is 3.21. The van der Waals surface area contributed by atoms with E-state index in [2.05, 4.69) is 25.6 Å². The third-order valence-corrected chi connectivity index (χ3v) is 5.72. The van der Waals surface area contributed by atoms with Crippen LogP contribution in [0.5, 0.6) is 0 Å². The molecule has 0 bridgehead atoms. The number of benzene rings is 1. The Labute approximate surface area is 135 Å². The molecule has 112 valence electrons. The van der Waals surface area contributed by atoms with E-state index in [1.165, 1.54) is 0 Å². The molecule has 0 aliphatic heterocycles. The Bertz CT molecular complexity index is 839. The Morgan fingerprint density at radius 2 is 1.76 bits per heavy atom. The van der Waals surface area contributed by atoms with Gasteiger partial charge in [-0.1, -0.05) is 27.5 Å². The standard InChI is InChI=1S/C13H12BrClN2O3S/c1-7-3-9(4-8(2)12(7)14)17-21(19,20)10-5-11(15)13(18)16-6-10/h3-6,17H,1-2H3,(H,16,18). The molecule has 1 aromatic carbocycles. The van der Waals surface area contributed by atoms with Crippen LogP contribution in [0.2, 0.25) is 5.02 Å². The van der Waals surface area contributed by atoms with Crippen LogP contribution in [0.15, 0.2) is 38.6 Å². The van der Waals surface area contributed by atoms with Gasteiger partial charge in [0.15, 0.2) is 0 Å². The maximum Gasteiger partial charge on any atom is 0.266 e. The van der Waals surface area contributed by atoms with E-state index in [-0.39, 0.29) is 9.92 Å². The summed E-state index contributed by atoms with van der Waals surface area (Å²) in [6.07, 6.45) is 1.11. The minimum atomic E-state index is -3.82. The number of nitrogens with one attached hydrogen (secondary N) is 2. The first-order chi connectivity index (χ1) is 9.70. The van der Waals surface area contributed by atoms with Crippen LogP contribution in [0.3, 0.4) is 0 Å². The molecular weight excluding hydrogens is 380 g/mol. The largest absolute Gasteiger partial charge is 0.326 e. The number of anilines is 1. The van der Waals surface area contributed by atoms with E-state index in [0.717, 1.165) is 27.9 Å². The van der Waals surface area contributed by atoms with Gasteiger partial charge in [0.2, 0.25) is 0 Å². The number of aromatic amines is 1. The maximum atomic E-state index is 12.3. The number of pyridine rings is 1. The summed E-state index contributed by atoms with van der Waals surface area (Å²) in [6, 6.07) is 4.53. The molecule has 0 aliphatic rings. The number of rotatable bonds is 3. The molecule has 0 saturated heterocycles. The highest BCUT2D eigenvalue weighted by atomic mass is 79.9. The van der Waals surface area contributed by atoms with Gasteiger partial charge >= 0.3 is 0 Å². The third-order valence-electron chi connectivity index (χ3n) is 2.83. The highest BCUT2D eigenvalue weighted by Crippen LogP contribution is 2.26. The van der Waals surface area contributed by atoms with Gasteiger partial charge in [-0.05, 0) is 43.2 Å². The lowest BCUT2D eigenvalue weighted by atomic mass is 10.1. The van der Waals surface area contributed by atoms with Crippen molar-refractivity contribution in [2.24, 2.45) is 0 Å². The van der Waals surface area contributed by atoms with E-state index in [4.69, 9.17) is 11.6 Å². The van der Waals surface area contributed by atoms with Gasteiger partial charge in [0.1, 0.15) is 9.92 Å². The average Bonchev–Trinajstić information content (AvgIpc) is 2.38. The topological polar surface area (TPSA) is 79.0 Å². The van der Waals surface area contributed by atoms with Gasteiger partial charge in [-0.25, -0.2) is 8.42 Å². The Morgan fingerprint density at radius 1 is 1.19 bits per heavy atom. The number of aryl methyl sites for hydroxylation is 2. The third kappa shape index (κ3) is 3.48. The van der Waals surface area contributed by atoms with E-state index >= 15 is 0 Å². The van der Waals surface area contributed by atoms with E-state index in [0.29, 0.717) is 5.69 Å². The monoisotopic (exact) mass is 390 g/mol.